The van der Waals surface area contributed by atoms with E-state index in [4.69, 9.17) is 5.73 Å². The molecule has 1 unspecified atom stereocenters. The summed E-state index contributed by atoms with van der Waals surface area (Å²) in [5.74, 6) is 1.14. The predicted octanol–water partition coefficient (Wildman–Crippen LogP) is 4.55. The van der Waals surface area contributed by atoms with Crippen molar-refractivity contribution in [2.24, 2.45) is 16.6 Å². The molecular formula is C22H26N4S. The second kappa shape index (κ2) is 8.09. The van der Waals surface area contributed by atoms with Gasteiger partial charge in [0.2, 0.25) is 0 Å². The minimum Gasteiger partial charge on any atom is -0.369 e. The molecule has 5 heteroatoms. The van der Waals surface area contributed by atoms with Crippen LogP contribution < -0.4 is 10.5 Å². The zero-order valence-electron chi connectivity index (χ0n) is 15.7. The molecule has 140 valence electrons. The van der Waals surface area contributed by atoms with Crippen LogP contribution in [0.3, 0.4) is 0 Å². The number of nitrogens with two attached hydrogens (primary N) is 1. The Labute approximate surface area is 165 Å². The second-order valence-electron chi connectivity index (χ2n) is 7.15. The number of hydrogen-bond acceptors (Lipinski definition) is 2. The molecule has 0 saturated heterocycles. The Hall–Kier alpha value is -2.40. The number of aliphatic imine (C=N–C) groups is 1. The van der Waals surface area contributed by atoms with E-state index in [1.54, 1.807) is 0 Å². The molecule has 2 aromatic rings. The monoisotopic (exact) mass is 378 g/mol. The van der Waals surface area contributed by atoms with Gasteiger partial charge in [-0.05, 0) is 60.5 Å². The highest BCUT2D eigenvalue weighted by Gasteiger charge is 2.29. The van der Waals surface area contributed by atoms with Gasteiger partial charge in [-0.25, -0.2) is 0 Å². The fourth-order valence-electron chi connectivity index (χ4n) is 3.42. The summed E-state index contributed by atoms with van der Waals surface area (Å²) in [6.45, 7) is 2.87. The first-order valence-corrected chi connectivity index (χ1v) is 10.4. The molecule has 4 N–H and O–H groups in total. The lowest BCUT2D eigenvalue weighted by molar-refractivity contribution is 0.920. The number of rotatable bonds is 7. The summed E-state index contributed by atoms with van der Waals surface area (Å²) in [6, 6.07) is 8.59. The van der Waals surface area contributed by atoms with Gasteiger partial charge in [-0.2, -0.15) is 0 Å². The molecule has 1 fully saturated rings. The maximum atomic E-state index is 6.01. The van der Waals surface area contributed by atoms with Crippen LogP contribution in [0.1, 0.15) is 42.1 Å². The van der Waals surface area contributed by atoms with Crippen molar-refractivity contribution >= 4 is 30.1 Å². The van der Waals surface area contributed by atoms with Crippen molar-refractivity contribution in [1.29, 1.82) is 0 Å². The van der Waals surface area contributed by atoms with Gasteiger partial charge in [0.1, 0.15) is 0 Å². The zero-order chi connectivity index (χ0) is 18.6. The first-order chi connectivity index (χ1) is 13.2. The molecule has 1 saturated carbocycles. The molecule has 2 aliphatic carbocycles. The summed E-state index contributed by atoms with van der Waals surface area (Å²) in [6.07, 6.45) is 13.4. The van der Waals surface area contributed by atoms with Crippen molar-refractivity contribution in [3.8, 4) is 0 Å². The number of nitrogens with one attached hydrogen (secondary N) is 2. The molecule has 1 heterocycles. The second-order valence-corrected chi connectivity index (χ2v) is 8.02. The Morgan fingerprint density at radius 2 is 2.15 bits per heavy atom. The van der Waals surface area contributed by atoms with Crippen LogP contribution in [0.25, 0.3) is 12.2 Å². The number of aromatic amines is 1. The summed E-state index contributed by atoms with van der Waals surface area (Å²) < 4.78 is 3.13. The van der Waals surface area contributed by atoms with Crippen LogP contribution in [0.4, 0.5) is 0 Å². The average molecular weight is 379 g/mol. The lowest BCUT2D eigenvalue weighted by Crippen LogP contribution is -2.26. The number of benzene rings is 1. The van der Waals surface area contributed by atoms with Crippen molar-refractivity contribution in [3.63, 3.8) is 0 Å². The number of nitrogens with zero attached hydrogens (tertiary/aromatic N) is 1. The third-order valence-electron chi connectivity index (χ3n) is 5.03. The van der Waals surface area contributed by atoms with Gasteiger partial charge in [0.15, 0.2) is 5.96 Å². The van der Waals surface area contributed by atoms with Gasteiger partial charge in [-0.15, -0.1) is 0 Å². The maximum Gasteiger partial charge on any atom is 0.199 e. The fourth-order valence-corrected chi connectivity index (χ4v) is 3.98. The molecule has 0 aliphatic heterocycles. The van der Waals surface area contributed by atoms with Crippen LogP contribution in [-0.4, -0.2) is 17.5 Å². The quantitative estimate of drug-likeness (QED) is 0.376. The zero-order valence-corrected chi connectivity index (χ0v) is 16.5. The van der Waals surface area contributed by atoms with E-state index in [1.165, 1.54) is 52.7 Å². The van der Waals surface area contributed by atoms with Crippen LogP contribution in [0.2, 0.25) is 0 Å². The molecule has 1 aromatic carbocycles. The normalized spacial score (nSPS) is 17.7. The Morgan fingerprint density at radius 3 is 2.96 bits per heavy atom. The molecule has 0 spiro atoms. The maximum absolute atomic E-state index is 6.01. The number of allylic oxidation sites excluding steroid dienone is 2. The van der Waals surface area contributed by atoms with Crippen molar-refractivity contribution in [2.75, 3.05) is 6.54 Å². The minimum absolute atomic E-state index is 0.471. The van der Waals surface area contributed by atoms with Gasteiger partial charge in [0.25, 0.3) is 0 Å². The summed E-state index contributed by atoms with van der Waals surface area (Å²) in [4.78, 5) is 9.00. The molecule has 1 atom stereocenters. The van der Waals surface area contributed by atoms with E-state index in [9.17, 15) is 0 Å². The Bertz CT molecular complexity index is 890. The largest absolute Gasteiger partial charge is 0.369 e. The van der Waals surface area contributed by atoms with Crippen molar-refractivity contribution < 1.29 is 0 Å². The highest BCUT2D eigenvalue weighted by atomic mass is 32.2. The van der Waals surface area contributed by atoms with Crippen LogP contribution in [0.15, 0.2) is 52.0 Å². The fraction of sp³-hybridized carbons (Fsp3) is 0.318. The van der Waals surface area contributed by atoms with Gasteiger partial charge >= 0.3 is 0 Å². The Kier molecular flexibility index (Phi) is 5.39. The van der Waals surface area contributed by atoms with Gasteiger partial charge in [0, 0.05) is 34.8 Å². The van der Waals surface area contributed by atoms with E-state index in [1.807, 2.05) is 0 Å². The first kappa shape index (κ1) is 18.0. The van der Waals surface area contributed by atoms with Crippen LogP contribution in [-0.2, 0) is 12.8 Å². The van der Waals surface area contributed by atoms with Crippen molar-refractivity contribution in [1.82, 2.24) is 9.71 Å². The van der Waals surface area contributed by atoms with Gasteiger partial charge in [-0.3, -0.25) is 9.71 Å². The van der Waals surface area contributed by atoms with E-state index >= 15 is 0 Å². The Balaban J connectivity index is 1.28. The lowest BCUT2D eigenvalue weighted by Gasteiger charge is -2.06. The average Bonchev–Trinajstić information content (AvgIpc) is 3.34. The number of H-pyrrole nitrogens is 1. The molecule has 27 heavy (non-hydrogen) atoms. The van der Waals surface area contributed by atoms with Crippen molar-refractivity contribution in [3.05, 3.63) is 64.5 Å². The third kappa shape index (κ3) is 4.48. The van der Waals surface area contributed by atoms with Gasteiger partial charge in [0.05, 0.1) is 0 Å². The topological polar surface area (TPSA) is 66.2 Å². The predicted molar refractivity (Wildman–Crippen MR) is 116 cm³/mol. The van der Waals surface area contributed by atoms with Gasteiger partial charge in [-0.1, -0.05) is 43.2 Å². The summed E-state index contributed by atoms with van der Waals surface area (Å²) in [5.41, 5.74) is 12.8. The van der Waals surface area contributed by atoms with E-state index in [-0.39, 0.29) is 0 Å². The molecule has 2 aliphatic rings. The molecular weight excluding hydrogens is 352 g/mol. The lowest BCUT2D eigenvalue weighted by atomic mass is 10.1. The highest BCUT2D eigenvalue weighted by Crippen LogP contribution is 2.43. The number of hydrogen-bond donors (Lipinski definition) is 3. The number of guanidine groups is 1. The molecule has 4 rings (SSSR count). The van der Waals surface area contributed by atoms with E-state index in [0.29, 0.717) is 18.4 Å². The molecule has 0 bridgehead atoms. The number of fused-ring (bicyclic) bond motifs is 2. The molecule has 1 aromatic heterocycles. The first-order valence-electron chi connectivity index (χ1n) is 9.63. The summed E-state index contributed by atoms with van der Waals surface area (Å²) in [5, 5.41) is 0. The van der Waals surface area contributed by atoms with Crippen LogP contribution in [0.5, 0.6) is 0 Å². The molecule has 0 amide bonds. The number of aryl methyl sites for hydroxylation is 1. The smallest absolute Gasteiger partial charge is 0.199 e. The highest BCUT2D eigenvalue weighted by molar-refractivity contribution is 7.98. The summed E-state index contributed by atoms with van der Waals surface area (Å²) in [7, 11) is 0. The molecule has 4 nitrogen and oxygen atoms in total. The molecule has 0 radical (unpaired) electrons. The number of aromatic nitrogens is 1. The Morgan fingerprint density at radius 1 is 1.30 bits per heavy atom. The summed E-state index contributed by atoms with van der Waals surface area (Å²) >= 11 is 1.50. The van der Waals surface area contributed by atoms with E-state index in [0.717, 1.165) is 17.7 Å². The minimum atomic E-state index is 0.471. The van der Waals surface area contributed by atoms with Crippen LogP contribution >= 0.6 is 11.9 Å². The van der Waals surface area contributed by atoms with Gasteiger partial charge < -0.3 is 10.7 Å². The van der Waals surface area contributed by atoms with Crippen molar-refractivity contribution in [2.45, 2.75) is 37.5 Å². The van der Waals surface area contributed by atoms with Crippen LogP contribution in [0, 0.1) is 5.92 Å². The third-order valence-corrected chi connectivity index (χ3v) is 5.85. The van der Waals surface area contributed by atoms with E-state index < -0.39 is 0 Å². The van der Waals surface area contributed by atoms with E-state index in [2.05, 4.69) is 70.3 Å². The standard InChI is InChI=1S/C22H26N4S/c1-2-3-15-4-7-19(8-5-15)27-26-22(23)24-11-10-17-14-25-21-13-18-12-16(18)6-9-20(17)21/h4-9,13-14,16,25H,2-3,10-12H2,1H3,(H3,23,24,26). The SMILES string of the molecule is CCCc1ccc(SNC(N)=NCCc2c[nH]c3c2C=CC2CC2=C3)cc1.